The van der Waals surface area contributed by atoms with Gasteiger partial charge >= 0.3 is 0 Å². The highest BCUT2D eigenvalue weighted by Gasteiger charge is 2.25. The van der Waals surface area contributed by atoms with Crippen LogP contribution >= 0.6 is 0 Å². The largest absolute Gasteiger partial charge is 0.382 e. The first-order valence-corrected chi connectivity index (χ1v) is 9.12. The van der Waals surface area contributed by atoms with Crippen molar-refractivity contribution in [2.24, 2.45) is 10.9 Å². The number of guanidine groups is 1. The van der Waals surface area contributed by atoms with E-state index in [0.717, 1.165) is 64.6 Å². The molecule has 2 fully saturated rings. The smallest absolute Gasteiger partial charge is 0.244 e. The molecule has 1 amide bonds. The lowest BCUT2D eigenvalue weighted by molar-refractivity contribution is -0.128. The molecule has 0 spiro atoms. The van der Waals surface area contributed by atoms with Gasteiger partial charge in [-0.1, -0.05) is 0 Å². The van der Waals surface area contributed by atoms with Crippen LogP contribution in [-0.2, 0) is 14.3 Å². The van der Waals surface area contributed by atoms with Crippen molar-refractivity contribution in [1.82, 2.24) is 15.1 Å². The number of rotatable bonds is 8. The predicted molar refractivity (Wildman–Crippen MR) is 94.2 cm³/mol. The third-order valence-corrected chi connectivity index (χ3v) is 4.53. The Labute approximate surface area is 145 Å². The first-order chi connectivity index (χ1) is 11.7. The van der Waals surface area contributed by atoms with Gasteiger partial charge in [0.25, 0.3) is 0 Å². The molecule has 2 saturated heterocycles. The molecule has 7 nitrogen and oxygen atoms in total. The Bertz CT molecular complexity index is 411. The Morgan fingerprint density at radius 3 is 2.71 bits per heavy atom. The van der Waals surface area contributed by atoms with Crippen LogP contribution in [0.4, 0.5) is 0 Å². The molecule has 2 aliphatic heterocycles. The fourth-order valence-electron chi connectivity index (χ4n) is 3.19. The minimum Gasteiger partial charge on any atom is -0.382 e. The molecule has 2 aliphatic rings. The molecule has 0 aromatic heterocycles. The summed E-state index contributed by atoms with van der Waals surface area (Å²) in [6.07, 6.45) is 3.33. The van der Waals surface area contributed by atoms with Crippen LogP contribution < -0.4 is 5.32 Å². The summed E-state index contributed by atoms with van der Waals surface area (Å²) in [7, 11) is 1.68. The van der Waals surface area contributed by atoms with Gasteiger partial charge in [-0.3, -0.25) is 4.79 Å². The maximum Gasteiger partial charge on any atom is 0.244 e. The molecule has 0 aliphatic carbocycles. The minimum absolute atomic E-state index is 0.140. The van der Waals surface area contributed by atoms with E-state index in [9.17, 15) is 4.79 Å². The number of methoxy groups -OCH3 is 1. The Kier molecular flexibility index (Phi) is 8.32. The van der Waals surface area contributed by atoms with Gasteiger partial charge in [-0.05, 0) is 26.2 Å². The van der Waals surface area contributed by atoms with Crippen molar-refractivity contribution in [2.75, 3.05) is 66.2 Å². The zero-order valence-electron chi connectivity index (χ0n) is 15.1. The van der Waals surface area contributed by atoms with Crippen molar-refractivity contribution in [3.8, 4) is 0 Å². The van der Waals surface area contributed by atoms with Crippen LogP contribution in [0.2, 0.25) is 0 Å². The van der Waals surface area contributed by atoms with Crippen molar-refractivity contribution < 1.29 is 14.3 Å². The Balaban J connectivity index is 1.79. The standard InChI is InChI=1S/C17H32N4O3/c1-3-18-17(19-12-16(22)20-7-4-5-8-20)21-9-6-15(13-21)14-24-11-10-23-2/h15H,3-14H2,1-2H3,(H,18,19). The van der Waals surface area contributed by atoms with E-state index in [-0.39, 0.29) is 12.5 Å². The van der Waals surface area contributed by atoms with Crippen LogP contribution in [0.25, 0.3) is 0 Å². The maximum atomic E-state index is 12.2. The number of likely N-dealkylation sites (tertiary alicyclic amines) is 2. The highest BCUT2D eigenvalue weighted by atomic mass is 16.5. The second kappa shape index (κ2) is 10.5. The second-order valence-electron chi connectivity index (χ2n) is 6.43. The number of aliphatic imine (C=N–C) groups is 1. The number of carbonyl (C=O) groups is 1. The third kappa shape index (κ3) is 5.94. The third-order valence-electron chi connectivity index (χ3n) is 4.53. The summed E-state index contributed by atoms with van der Waals surface area (Å²) in [6, 6.07) is 0. The van der Waals surface area contributed by atoms with E-state index in [1.807, 2.05) is 4.90 Å². The SMILES string of the molecule is CCNC(=NCC(=O)N1CCCC1)N1CCC(COCCOC)C1. The average molecular weight is 340 g/mol. The number of ether oxygens (including phenoxy) is 2. The lowest BCUT2D eigenvalue weighted by Gasteiger charge is -2.22. The number of nitrogens with one attached hydrogen (secondary N) is 1. The van der Waals surface area contributed by atoms with Crippen molar-refractivity contribution in [2.45, 2.75) is 26.2 Å². The van der Waals surface area contributed by atoms with Gasteiger partial charge in [-0.25, -0.2) is 4.99 Å². The minimum atomic E-state index is 0.140. The molecule has 2 rings (SSSR count). The number of hydrogen-bond acceptors (Lipinski definition) is 4. The summed E-state index contributed by atoms with van der Waals surface area (Å²) in [5.41, 5.74) is 0. The molecule has 0 saturated carbocycles. The molecular formula is C17H32N4O3. The van der Waals surface area contributed by atoms with E-state index in [2.05, 4.69) is 22.1 Å². The Hall–Kier alpha value is -1.34. The summed E-state index contributed by atoms with van der Waals surface area (Å²) in [5.74, 6) is 1.51. The fourth-order valence-corrected chi connectivity index (χ4v) is 3.19. The Morgan fingerprint density at radius 2 is 2.00 bits per heavy atom. The Morgan fingerprint density at radius 1 is 1.21 bits per heavy atom. The molecule has 138 valence electrons. The lowest BCUT2D eigenvalue weighted by Crippen LogP contribution is -2.41. The number of amides is 1. The average Bonchev–Trinajstić information content (AvgIpc) is 3.27. The van der Waals surface area contributed by atoms with Crippen LogP contribution in [0, 0.1) is 5.92 Å². The van der Waals surface area contributed by atoms with E-state index in [1.165, 1.54) is 0 Å². The highest BCUT2D eigenvalue weighted by molar-refractivity contribution is 5.85. The monoisotopic (exact) mass is 340 g/mol. The van der Waals surface area contributed by atoms with Crippen LogP contribution in [0.3, 0.4) is 0 Å². The van der Waals surface area contributed by atoms with Crippen molar-refractivity contribution in [1.29, 1.82) is 0 Å². The van der Waals surface area contributed by atoms with Gasteiger partial charge in [-0.2, -0.15) is 0 Å². The van der Waals surface area contributed by atoms with Gasteiger partial charge in [0.1, 0.15) is 6.54 Å². The van der Waals surface area contributed by atoms with E-state index in [4.69, 9.17) is 9.47 Å². The van der Waals surface area contributed by atoms with Crippen molar-refractivity contribution in [3.63, 3.8) is 0 Å². The summed E-state index contributed by atoms with van der Waals surface area (Å²) < 4.78 is 10.6. The fraction of sp³-hybridized carbons (Fsp3) is 0.882. The van der Waals surface area contributed by atoms with E-state index in [0.29, 0.717) is 19.1 Å². The summed E-state index contributed by atoms with van der Waals surface area (Å²) >= 11 is 0. The summed E-state index contributed by atoms with van der Waals surface area (Å²) in [6.45, 7) is 8.80. The van der Waals surface area contributed by atoms with Crippen LogP contribution in [-0.4, -0.2) is 87.9 Å². The first kappa shape index (κ1) is 19.0. The van der Waals surface area contributed by atoms with Crippen LogP contribution in [0.1, 0.15) is 26.2 Å². The number of nitrogens with zero attached hydrogens (tertiary/aromatic N) is 3. The molecular weight excluding hydrogens is 308 g/mol. The van der Waals surface area contributed by atoms with Crippen molar-refractivity contribution in [3.05, 3.63) is 0 Å². The first-order valence-electron chi connectivity index (χ1n) is 9.12. The van der Waals surface area contributed by atoms with Gasteiger partial charge in [0.2, 0.25) is 5.91 Å². The number of carbonyl (C=O) groups excluding carboxylic acids is 1. The zero-order chi connectivity index (χ0) is 17.2. The molecule has 1 N–H and O–H groups in total. The number of hydrogen-bond donors (Lipinski definition) is 1. The molecule has 0 aromatic carbocycles. The molecule has 1 unspecified atom stereocenters. The summed E-state index contributed by atoms with van der Waals surface area (Å²) in [4.78, 5) is 20.9. The lowest BCUT2D eigenvalue weighted by atomic mass is 10.1. The van der Waals surface area contributed by atoms with Gasteiger partial charge < -0.3 is 24.6 Å². The molecule has 7 heteroatoms. The summed E-state index contributed by atoms with van der Waals surface area (Å²) in [5, 5.41) is 3.31. The molecule has 0 bridgehead atoms. The van der Waals surface area contributed by atoms with Gasteiger partial charge in [0.05, 0.1) is 19.8 Å². The molecule has 0 radical (unpaired) electrons. The van der Waals surface area contributed by atoms with Gasteiger partial charge in [0.15, 0.2) is 5.96 Å². The molecule has 0 aromatic rings. The van der Waals surface area contributed by atoms with Crippen LogP contribution in [0.5, 0.6) is 0 Å². The van der Waals surface area contributed by atoms with E-state index < -0.39 is 0 Å². The van der Waals surface area contributed by atoms with E-state index in [1.54, 1.807) is 7.11 Å². The maximum absolute atomic E-state index is 12.2. The molecule has 1 atom stereocenters. The van der Waals surface area contributed by atoms with Gasteiger partial charge in [-0.15, -0.1) is 0 Å². The highest BCUT2D eigenvalue weighted by Crippen LogP contribution is 2.16. The second-order valence-corrected chi connectivity index (χ2v) is 6.43. The normalized spacial score (nSPS) is 21.6. The predicted octanol–water partition coefficient (Wildman–Crippen LogP) is 0.559. The zero-order valence-corrected chi connectivity index (χ0v) is 15.1. The van der Waals surface area contributed by atoms with E-state index >= 15 is 0 Å². The molecule has 2 heterocycles. The topological polar surface area (TPSA) is 66.4 Å². The molecule has 24 heavy (non-hydrogen) atoms. The van der Waals surface area contributed by atoms with Crippen LogP contribution in [0.15, 0.2) is 4.99 Å². The van der Waals surface area contributed by atoms with Gasteiger partial charge in [0, 0.05) is 45.8 Å². The van der Waals surface area contributed by atoms with Crippen molar-refractivity contribution >= 4 is 11.9 Å². The quantitative estimate of drug-likeness (QED) is 0.397.